The predicted molar refractivity (Wildman–Crippen MR) is 29.0 cm³/mol. The van der Waals surface area contributed by atoms with Gasteiger partial charge in [-0.25, -0.2) is 9.10 Å². The van der Waals surface area contributed by atoms with Crippen LogP contribution in [0.3, 0.4) is 0 Å². The van der Waals surface area contributed by atoms with Gasteiger partial charge in [0.05, 0.1) is 0 Å². The Morgan fingerprint density at radius 1 is 2.00 bits per heavy atom. The van der Waals surface area contributed by atoms with Gasteiger partial charge in [0.1, 0.15) is 0 Å². The van der Waals surface area contributed by atoms with Crippen molar-refractivity contribution in [3.8, 4) is 0 Å². The van der Waals surface area contributed by atoms with Gasteiger partial charge in [-0.3, -0.25) is 0 Å². The van der Waals surface area contributed by atoms with E-state index in [1.54, 1.807) is 0 Å². The molecule has 0 unspecified atom stereocenters. The Morgan fingerprint density at radius 2 is 2.43 bits per heavy atom. The van der Waals surface area contributed by atoms with E-state index in [0.717, 1.165) is 6.20 Å². The van der Waals surface area contributed by atoms with Crippen molar-refractivity contribution in [2.24, 2.45) is 0 Å². The highest BCUT2D eigenvalue weighted by Crippen LogP contribution is 1.90. The van der Waals surface area contributed by atoms with Crippen molar-refractivity contribution in [2.45, 2.75) is 0 Å². The van der Waals surface area contributed by atoms with Gasteiger partial charge < -0.3 is 5.11 Å². The standard InChI is InChI=1S/C3H5NO2S/c1-2-4(7)3(5)6/h2,7H,1H2,(H,5,6). The molecular weight excluding hydrogens is 114 g/mol. The van der Waals surface area contributed by atoms with Crippen LogP contribution in [-0.2, 0) is 0 Å². The average molecular weight is 119 g/mol. The van der Waals surface area contributed by atoms with Crippen LogP contribution in [0.15, 0.2) is 12.8 Å². The predicted octanol–water partition coefficient (Wildman–Crippen LogP) is 0.955. The van der Waals surface area contributed by atoms with E-state index in [0.29, 0.717) is 4.31 Å². The molecule has 1 amide bonds. The lowest BCUT2D eigenvalue weighted by molar-refractivity contribution is 0.184. The van der Waals surface area contributed by atoms with Crippen molar-refractivity contribution < 1.29 is 9.90 Å². The molecule has 7 heavy (non-hydrogen) atoms. The number of thiol groups is 1. The van der Waals surface area contributed by atoms with Crippen LogP contribution in [0.5, 0.6) is 0 Å². The maximum atomic E-state index is 9.71. The van der Waals surface area contributed by atoms with Crippen LogP contribution in [0, 0.1) is 0 Å². The lowest BCUT2D eigenvalue weighted by Gasteiger charge is -1.99. The minimum absolute atomic E-state index is 0.667. The molecule has 0 fully saturated rings. The van der Waals surface area contributed by atoms with Crippen LogP contribution in [-0.4, -0.2) is 15.5 Å². The zero-order valence-electron chi connectivity index (χ0n) is 3.53. The largest absolute Gasteiger partial charge is 0.464 e. The summed E-state index contributed by atoms with van der Waals surface area (Å²) in [5, 5.41) is 7.96. The Kier molecular flexibility index (Phi) is 2.29. The summed E-state index contributed by atoms with van der Waals surface area (Å²) in [6.45, 7) is 3.15. The lowest BCUT2D eigenvalue weighted by atomic mass is 11.0. The Bertz CT molecular complexity index is 92.9. The fraction of sp³-hybridized carbons (Fsp3) is 0. The van der Waals surface area contributed by atoms with Gasteiger partial charge in [0.25, 0.3) is 0 Å². The van der Waals surface area contributed by atoms with Crippen molar-refractivity contribution in [3.05, 3.63) is 12.8 Å². The van der Waals surface area contributed by atoms with E-state index in [4.69, 9.17) is 5.11 Å². The summed E-state index contributed by atoms with van der Waals surface area (Å²) in [5.74, 6) is 0. The number of rotatable bonds is 1. The number of amides is 1. The number of nitrogens with zero attached hydrogens (tertiary/aromatic N) is 1. The molecule has 40 valence electrons. The van der Waals surface area contributed by atoms with Crippen LogP contribution in [0.4, 0.5) is 4.79 Å². The third-order valence-corrected chi connectivity index (χ3v) is 0.703. The van der Waals surface area contributed by atoms with E-state index >= 15 is 0 Å². The van der Waals surface area contributed by atoms with Gasteiger partial charge in [-0.2, -0.15) is 0 Å². The van der Waals surface area contributed by atoms with E-state index in [1.165, 1.54) is 0 Å². The van der Waals surface area contributed by atoms with Gasteiger partial charge in [-0.1, -0.05) is 19.4 Å². The van der Waals surface area contributed by atoms with Gasteiger partial charge in [0, 0.05) is 6.20 Å². The normalized spacial score (nSPS) is 7.57. The Labute approximate surface area is 46.8 Å². The van der Waals surface area contributed by atoms with E-state index < -0.39 is 6.09 Å². The molecule has 0 saturated heterocycles. The number of carbonyl (C=O) groups is 1. The quantitative estimate of drug-likeness (QED) is 0.504. The number of carboxylic acid groups (broad SMARTS) is 1. The topological polar surface area (TPSA) is 40.5 Å². The molecule has 0 aromatic carbocycles. The van der Waals surface area contributed by atoms with Gasteiger partial charge in [-0.15, -0.1) is 0 Å². The minimum atomic E-state index is -1.13. The van der Waals surface area contributed by atoms with Crippen LogP contribution in [0.25, 0.3) is 0 Å². The van der Waals surface area contributed by atoms with E-state index in [9.17, 15) is 4.79 Å². The molecule has 0 aromatic heterocycles. The Hall–Kier alpha value is -0.640. The minimum Gasteiger partial charge on any atom is -0.464 e. The fourth-order valence-electron chi connectivity index (χ4n) is 0.0781. The second-order valence-electron chi connectivity index (χ2n) is 0.810. The van der Waals surface area contributed by atoms with Crippen molar-refractivity contribution in [1.82, 2.24) is 4.31 Å². The molecule has 3 nitrogen and oxygen atoms in total. The molecule has 0 aliphatic rings. The number of hydrogen-bond donors (Lipinski definition) is 2. The molecule has 0 aromatic rings. The molecule has 0 radical (unpaired) electrons. The van der Waals surface area contributed by atoms with Crippen LogP contribution in [0.2, 0.25) is 0 Å². The highest BCUT2D eigenvalue weighted by Gasteiger charge is 1.97. The zero-order chi connectivity index (χ0) is 5.86. The first-order valence-electron chi connectivity index (χ1n) is 1.52. The monoisotopic (exact) mass is 119 g/mol. The van der Waals surface area contributed by atoms with Crippen molar-refractivity contribution in [1.29, 1.82) is 0 Å². The molecule has 0 bridgehead atoms. The highest BCUT2D eigenvalue weighted by molar-refractivity contribution is 7.78. The number of hydrogen-bond acceptors (Lipinski definition) is 2. The second-order valence-corrected chi connectivity index (χ2v) is 1.24. The van der Waals surface area contributed by atoms with Gasteiger partial charge in [0.2, 0.25) is 0 Å². The summed E-state index contributed by atoms with van der Waals surface area (Å²) in [5.41, 5.74) is 0. The first-order valence-corrected chi connectivity index (χ1v) is 1.92. The average Bonchev–Trinajstić information content (AvgIpc) is 1.65. The van der Waals surface area contributed by atoms with E-state index in [-0.39, 0.29) is 0 Å². The molecule has 4 heteroatoms. The molecule has 0 aliphatic carbocycles. The Balaban J connectivity index is 3.55. The smallest absolute Gasteiger partial charge is 0.421 e. The summed E-state index contributed by atoms with van der Waals surface area (Å²) in [6, 6.07) is 0. The molecule has 0 aliphatic heterocycles. The van der Waals surface area contributed by atoms with Gasteiger partial charge >= 0.3 is 6.09 Å². The first kappa shape index (κ1) is 6.36. The van der Waals surface area contributed by atoms with E-state index in [2.05, 4.69) is 19.4 Å². The molecule has 0 rings (SSSR count). The maximum absolute atomic E-state index is 9.71. The van der Waals surface area contributed by atoms with Crippen molar-refractivity contribution >= 4 is 18.9 Å². The highest BCUT2D eigenvalue weighted by atomic mass is 32.1. The van der Waals surface area contributed by atoms with Crippen LogP contribution in [0.1, 0.15) is 0 Å². The summed E-state index contributed by atoms with van der Waals surface area (Å²) < 4.78 is 0.667. The molecule has 1 N–H and O–H groups in total. The fourth-order valence-corrected chi connectivity index (χ4v) is 0.0781. The van der Waals surface area contributed by atoms with Gasteiger partial charge in [-0.05, 0) is 0 Å². The molecular formula is C3H5NO2S. The summed E-state index contributed by atoms with van der Waals surface area (Å²) in [4.78, 5) is 9.71. The third kappa shape index (κ3) is 2.11. The summed E-state index contributed by atoms with van der Waals surface area (Å²) in [6.07, 6.45) is -0.0378. The lowest BCUT2D eigenvalue weighted by Crippen LogP contribution is -2.10. The van der Waals surface area contributed by atoms with Crippen molar-refractivity contribution in [2.75, 3.05) is 0 Å². The second kappa shape index (κ2) is 2.52. The summed E-state index contributed by atoms with van der Waals surface area (Å²) >= 11 is 3.44. The third-order valence-electron chi connectivity index (χ3n) is 0.369. The Morgan fingerprint density at radius 3 is 2.43 bits per heavy atom. The van der Waals surface area contributed by atoms with Crippen LogP contribution < -0.4 is 0 Å². The maximum Gasteiger partial charge on any atom is 0.421 e. The van der Waals surface area contributed by atoms with E-state index in [1.807, 2.05) is 0 Å². The summed E-state index contributed by atoms with van der Waals surface area (Å²) in [7, 11) is 0. The zero-order valence-corrected chi connectivity index (χ0v) is 4.43. The SMILES string of the molecule is C=CN(S)C(=O)O. The molecule has 0 atom stereocenters. The molecule has 0 saturated carbocycles. The molecule has 0 heterocycles. The molecule has 0 spiro atoms. The first-order chi connectivity index (χ1) is 3.18. The van der Waals surface area contributed by atoms with Crippen LogP contribution >= 0.6 is 12.8 Å². The van der Waals surface area contributed by atoms with Gasteiger partial charge in [0.15, 0.2) is 0 Å². The van der Waals surface area contributed by atoms with Crippen molar-refractivity contribution in [3.63, 3.8) is 0 Å².